The molecular formula is C17H27N3O. The molecule has 21 heavy (non-hydrogen) atoms. The molecule has 0 bridgehead atoms. The number of nitrogens with zero attached hydrogens (tertiary/aromatic N) is 2. The Hall–Kier alpha value is -1.58. The zero-order valence-electron chi connectivity index (χ0n) is 13.2. The third kappa shape index (κ3) is 5.03. The number of amides is 1. The fourth-order valence-electron chi connectivity index (χ4n) is 2.74. The number of hydrogen-bond donors (Lipinski definition) is 1. The van der Waals surface area contributed by atoms with Crippen LogP contribution < -0.4 is 10.2 Å². The van der Waals surface area contributed by atoms with E-state index in [9.17, 15) is 4.79 Å². The van der Waals surface area contributed by atoms with Gasteiger partial charge in [0.1, 0.15) is 0 Å². The van der Waals surface area contributed by atoms with Crippen molar-refractivity contribution in [3.8, 4) is 0 Å². The molecule has 0 unspecified atom stereocenters. The molecule has 1 fully saturated rings. The van der Waals surface area contributed by atoms with Gasteiger partial charge in [0, 0.05) is 44.1 Å². The molecule has 4 nitrogen and oxygen atoms in total. The van der Waals surface area contributed by atoms with E-state index in [1.807, 2.05) is 12.4 Å². The molecule has 0 radical (unpaired) electrons. The van der Waals surface area contributed by atoms with Crippen LogP contribution in [0.25, 0.3) is 0 Å². The first kappa shape index (κ1) is 15.8. The van der Waals surface area contributed by atoms with Crippen LogP contribution in [-0.2, 0) is 4.79 Å². The monoisotopic (exact) mass is 289 g/mol. The third-order valence-corrected chi connectivity index (χ3v) is 4.46. The lowest BCUT2D eigenvalue weighted by Gasteiger charge is -2.33. The summed E-state index contributed by atoms with van der Waals surface area (Å²) in [4.78, 5) is 18.3. The molecule has 1 atom stereocenters. The number of hydrogen-bond acceptors (Lipinski definition) is 3. The maximum atomic E-state index is 11.8. The average molecular weight is 289 g/mol. The summed E-state index contributed by atoms with van der Waals surface area (Å²) in [5.74, 6) is 1.31. The molecule has 0 saturated carbocycles. The Bertz CT molecular complexity index is 427. The Morgan fingerprint density at radius 3 is 2.67 bits per heavy atom. The summed E-state index contributed by atoms with van der Waals surface area (Å²) >= 11 is 0. The van der Waals surface area contributed by atoms with Crippen LogP contribution in [0.15, 0.2) is 24.5 Å². The molecule has 1 aromatic heterocycles. The van der Waals surface area contributed by atoms with Gasteiger partial charge in [-0.1, -0.05) is 20.3 Å². The quantitative estimate of drug-likeness (QED) is 0.876. The van der Waals surface area contributed by atoms with Gasteiger partial charge in [-0.2, -0.15) is 0 Å². The van der Waals surface area contributed by atoms with Gasteiger partial charge in [-0.25, -0.2) is 0 Å². The minimum Gasteiger partial charge on any atom is -0.371 e. The van der Waals surface area contributed by atoms with Crippen molar-refractivity contribution >= 4 is 11.6 Å². The number of anilines is 1. The van der Waals surface area contributed by atoms with E-state index in [1.165, 1.54) is 5.69 Å². The molecule has 1 aliphatic heterocycles. The van der Waals surface area contributed by atoms with Gasteiger partial charge in [0.15, 0.2) is 0 Å². The highest BCUT2D eigenvalue weighted by Crippen LogP contribution is 2.22. The smallest absolute Gasteiger partial charge is 0.220 e. The summed E-state index contributed by atoms with van der Waals surface area (Å²) in [6, 6.07) is 4.13. The van der Waals surface area contributed by atoms with Gasteiger partial charge < -0.3 is 10.2 Å². The number of nitrogens with one attached hydrogen (secondary N) is 1. The molecule has 1 saturated heterocycles. The lowest BCUT2D eigenvalue weighted by atomic mass is 9.96. The first-order valence-corrected chi connectivity index (χ1v) is 8.10. The van der Waals surface area contributed by atoms with Crippen LogP contribution in [0.1, 0.15) is 39.5 Å². The maximum absolute atomic E-state index is 11.8. The van der Waals surface area contributed by atoms with Crippen molar-refractivity contribution in [1.82, 2.24) is 10.3 Å². The molecule has 1 amide bonds. The van der Waals surface area contributed by atoms with Crippen molar-refractivity contribution in [1.29, 1.82) is 0 Å². The van der Waals surface area contributed by atoms with E-state index in [1.54, 1.807) is 0 Å². The van der Waals surface area contributed by atoms with E-state index in [0.717, 1.165) is 38.9 Å². The Morgan fingerprint density at radius 2 is 2.05 bits per heavy atom. The van der Waals surface area contributed by atoms with Crippen molar-refractivity contribution in [3.05, 3.63) is 24.5 Å². The summed E-state index contributed by atoms with van der Waals surface area (Å²) in [5, 5.41) is 3.10. The number of piperidine rings is 1. The number of pyridine rings is 1. The molecule has 1 N–H and O–H groups in total. The number of aromatic nitrogens is 1. The topological polar surface area (TPSA) is 45.2 Å². The highest BCUT2D eigenvalue weighted by molar-refractivity contribution is 5.76. The van der Waals surface area contributed by atoms with E-state index in [4.69, 9.17) is 0 Å². The SMILES string of the molecule is CC[C@H](C)CC(=O)NCC1CCN(c2ccncc2)CC1. The minimum absolute atomic E-state index is 0.209. The second kappa shape index (κ2) is 8.01. The fraction of sp³-hybridized carbons (Fsp3) is 0.647. The van der Waals surface area contributed by atoms with Crippen LogP contribution in [0.4, 0.5) is 5.69 Å². The summed E-state index contributed by atoms with van der Waals surface area (Å²) in [5.41, 5.74) is 1.25. The first-order chi connectivity index (χ1) is 10.2. The van der Waals surface area contributed by atoms with E-state index in [0.29, 0.717) is 18.3 Å². The zero-order chi connectivity index (χ0) is 15.1. The zero-order valence-corrected chi connectivity index (χ0v) is 13.2. The van der Waals surface area contributed by atoms with Crippen LogP contribution in [0.5, 0.6) is 0 Å². The van der Waals surface area contributed by atoms with Gasteiger partial charge in [-0.05, 0) is 36.8 Å². The highest BCUT2D eigenvalue weighted by Gasteiger charge is 2.20. The summed E-state index contributed by atoms with van der Waals surface area (Å²) in [6.07, 6.45) is 7.70. The van der Waals surface area contributed by atoms with Gasteiger partial charge in [-0.15, -0.1) is 0 Å². The van der Waals surface area contributed by atoms with Crippen molar-refractivity contribution in [2.75, 3.05) is 24.5 Å². The van der Waals surface area contributed by atoms with Crippen molar-refractivity contribution in [3.63, 3.8) is 0 Å². The Balaban J connectivity index is 1.69. The van der Waals surface area contributed by atoms with Crippen LogP contribution in [0.3, 0.4) is 0 Å². The lowest BCUT2D eigenvalue weighted by Crippen LogP contribution is -2.38. The van der Waals surface area contributed by atoms with Crippen LogP contribution >= 0.6 is 0 Å². The van der Waals surface area contributed by atoms with Gasteiger partial charge in [-0.3, -0.25) is 9.78 Å². The highest BCUT2D eigenvalue weighted by atomic mass is 16.1. The molecular weight excluding hydrogens is 262 g/mol. The standard InChI is InChI=1S/C17H27N3O/c1-3-14(2)12-17(21)19-13-15-6-10-20(11-7-15)16-4-8-18-9-5-16/h4-5,8-9,14-15H,3,6-7,10-13H2,1-2H3,(H,19,21)/t14-/m0/s1. The largest absolute Gasteiger partial charge is 0.371 e. The normalized spacial score (nSPS) is 17.5. The molecule has 2 rings (SSSR count). The second-order valence-corrected chi connectivity index (χ2v) is 6.16. The van der Waals surface area contributed by atoms with E-state index >= 15 is 0 Å². The molecule has 0 aromatic carbocycles. The number of rotatable bonds is 6. The third-order valence-electron chi connectivity index (χ3n) is 4.46. The van der Waals surface area contributed by atoms with Gasteiger partial charge in [0.2, 0.25) is 5.91 Å². The van der Waals surface area contributed by atoms with Crippen LogP contribution in [0.2, 0.25) is 0 Å². The fourth-order valence-corrected chi connectivity index (χ4v) is 2.74. The Kier molecular flexibility index (Phi) is 6.03. The molecule has 116 valence electrons. The number of carbonyl (C=O) groups is 1. The molecule has 0 aliphatic carbocycles. The molecule has 4 heteroatoms. The minimum atomic E-state index is 0.209. The summed E-state index contributed by atoms with van der Waals surface area (Å²) in [6.45, 7) is 7.23. The first-order valence-electron chi connectivity index (χ1n) is 8.10. The second-order valence-electron chi connectivity index (χ2n) is 6.16. The van der Waals surface area contributed by atoms with Crippen LogP contribution in [-0.4, -0.2) is 30.5 Å². The van der Waals surface area contributed by atoms with Crippen molar-refractivity contribution < 1.29 is 4.79 Å². The summed E-state index contributed by atoms with van der Waals surface area (Å²) < 4.78 is 0. The molecule has 1 aromatic rings. The lowest BCUT2D eigenvalue weighted by molar-refractivity contribution is -0.122. The van der Waals surface area contributed by atoms with Crippen molar-refractivity contribution in [2.45, 2.75) is 39.5 Å². The average Bonchev–Trinajstić information content (AvgIpc) is 2.54. The van der Waals surface area contributed by atoms with E-state index < -0.39 is 0 Å². The maximum Gasteiger partial charge on any atom is 0.220 e. The van der Waals surface area contributed by atoms with Crippen molar-refractivity contribution in [2.24, 2.45) is 11.8 Å². The Morgan fingerprint density at radius 1 is 1.38 bits per heavy atom. The molecule has 1 aliphatic rings. The van der Waals surface area contributed by atoms with Gasteiger partial charge in [0.25, 0.3) is 0 Å². The number of carbonyl (C=O) groups excluding carboxylic acids is 1. The van der Waals surface area contributed by atoms with Crippen LogP contribution in [0, 0.1) is 11.8 Å². The van der Waals surface area contributed by atoms with Gasteiger partial charge in [0.05, 0.1) is 0 Å². The molecule has 2 heterocycles. The molecule has 0 spiro atoms. The van der Waals surface area contributed by atoms with E-state index in [2.05, 4.69) is 41.2 Å². The predicted molar refractivity (Wildman–Crippen MR) is 86.3 cm³/mol. The summed E-state index contributed by atoms with van der Waals surface area (Å²) in [7, 11) is 0. The van der Waals surface area contributed by atoms with Gasteiger partial charge >= 0.3 is 0 Å². The Labute approximate surface area is 127 Å². The predicted octanol–water partition coefficient (Wildman–Crippen LogP) is 2.85. The van der Waals surface area contributed by atoms with E-state index in [-0.39, 0.29) is 5.91 Å².